The molecule has 0 saturated carbocycles. The SMILES string of the molecule is CCCS(=O)(=O)N1CCCC(c2cccc(-c3cnc4ccc(Cl)cn34)n2)C1. The van der Waals surface area contributed by atoms with Gasteiger partial charge in [-0.1, -0.05) is 24.6 Å². The number of fused-ring (bicyclic) bond motifs is 1. The fourth-order valence-electron chi connectivity index (χ4n) is 3.79. The lowest BCUT2D eigenvalue weighted by Gasteiger charge is -2.31. The number of aromatic nitrogens is 3. The van der Waals surface area contributed by atoms with Gasteiger partial charge in [0.1, 0.15) is 5.65 Å². The fourth-order valence-corrected chi connectivity index (χ4v) is 5.54. The van der Waals surface area contributed by atoms with Crippen molar-refractivity contribution in [3.8, 4) is 11.4 Å². The molecule has 0 radical (unpaired) electrons. The molecule has 1 fully saturated rings. The van der Waals surface area contributed by atoms with Gasteiger partial charge >= 0.3 is 0 Å². The van der Waals surface area contributed by atoms with E-state index in [1.54, 1.807) is 10.5 Å². The summed E-state index contributed by atoms with van der Waals surface area (Å²) >= 11 is 6.14. The molecular formula is C20H23ClN4O2S. The highest BCUT2D eigenvalue weighted by Crippen LogP contribution is 2.29. The molecule has 0 spiro atoms. The minimum absolute atomic E-state index is 0.100. The van der Waals surface area contributed by atoms with Crippen molar-refractivity contribution in [1.82, 2.24) is 18.7 Å². The van der Waals surface area contributed by atoms with Crippen LogP contribution in [0, 0.1) is 0 Å². The Hall–Kier alpha value is -1.96. The van der Waals surface area contributed by atoms with Crippen molar-refractivity contribution in [2.45, 2.75) is 32.1 Å². The second kappa shape index (κ2) is 7.81. The summed E-state index contributed by atoms with van der Waals surface area (Å²) in [6.07, 6.45) is 6.04. The van der Waals surface area contributed by atoms with E-state index in [4.69, 9.17) is 16.6 Å². The molecule has 1 saturated heterocycles. The summed E-state index contributed by atoms with van der Waals surface area (Å²) in [6.45, 7) is 2.99. The molecule has 0 aliphatic carbocycles. The molecule has 1 atom stereocenters. The van der Waals surface area contributed by atoms with Gasteiger partial charge < -0.3 is 0 Å². The number of imidazole rings is 1. The van der Waals surface area contributed by atoms with Crippen LogP contribution in [0.2, 0.25) is 5.02 Å². The first-order valence-corrected chi connectivity index (χ1v) is 11.5. The number of halogens is 1. The van der Waals surface area contributed by atoms with E-state index < -0.39 is 10.0 Å². The fraction of sp³-hybridized carbons (Fsp3) is 0.400. The number of hydrogen-bond donors (Lipinski definition) is 0. The summed E-state index contributed by atoms with van der Waals surface area (Å²) in [4.78, 5) is 9.28. The molecule has 0 N–H and O–H groups in total. The summed E-state index contributed by atoms with van der Waals surface area (Å²) in [5, 5.41) is 0.631. The number of rotatable bonds is 5. The van der Waals surface area contributed by atoms with Crippen LogP contribution < -0.4 is 0 Å². The molecular weight excluding hydrogens is 396 g/mol. The van der Waals surface area contributed by atoms with Crippen LogP contribution in [0.1, 0.15) is 37.8 Å². The third-order valence-corrected chi connectivity index (χ3v) is 7.43. The molecule has 1 unspecified atom stereocenters. The van der Waals surface area contributed by atoms with Crippen molar-refractivity contribution >= 4 is 27.3 Å². The Balaban J connectivity index is 1.64. The van der Waals surface area contributed by atoms with Crippen LogP contribution >= 0.6 is 11.6 Å². The predicted molar refractivity (Wildman–Crippen MR) is 111 cm³/mol. The van der Waals surface area contributed by atoms with E-state index in [-0.39, 0.29) is 11.7 Å². The van der Waals surface area contributed by atoms with Crippen LogP contribution in [-0.4, -0.2) is 45.9 Å². The first-order chi connectivity index (χ1) is 13.5. The van der Waals surface area contributed by atoms with Gasteiger partial charge in [-0.3, -0.25) is 9.38 Å². The lowest BCUT2D eigenvalue weighted by atomic mass is 9.95. The lowest BCUT2D eigenvalue weighted by Crippen LogP contribution is -2.40. The topological polar surface area (TPSA) is 67.6 Å². The van der Waals surface area contributed by atoms with Crippen LogP contribution in [0.15, 0.2) is 42.7 Å². The molecule has 8 heteroatoms. The Morgan fingerprint density at radius 1 is 1.25 bits per heavy atom. The molecule has 0 aromatic carbocycles. The normalized spacial score (nSPS) is 18.6. The van der Waals surface area contributed by atoms with Gasteiger partial charge in [0.25, 0.3) is 0 Å². The minimum Gasteiger partial charge on any atom is -0.297 e. The standard InChI is InChI=1S/C20H23ClN4O2S/c1-2-11-28(26,27)24-10-4-5-15(13-24)17-6-3-7-18(23-17)19-12-22-20-9-8-16(21)14-25(19)20/h3,6-9,12,14-15H,2,4-5,10-11,13H2,1H3. The van der Waals surface area contributed by atoms with Crippen LogP contribution in [0.25, 0.3) is 17.0 Å². The van der Waals surface area contributed by atoms with Crippen LogP contribution in [0.3, 0.4) is 0 Å². The lowest BCUT2D eigenvalue weighted by molar-refractivity contribution is 0.312. The quantitative estimate of drug-likeness (QED) is 0.628. The average molecular weight is 419 g/mol. The van der Waals surface area contributed by atoms with E-state index >= 15 is 0 Å². The zero-order chi connectivity index (χ0) is 19.7. The van der Waals surface area contributed by atoms with Gasteiger partial charge in [0, 0.05) is 30.9 Å². The van der Waals surface area contributed by atoms with E-state index in [1.807, 2.05) is 47.9 Å². The molecule has 4 heterocycles. The minimum atomic E-state index is -3.18. The van der Waals surface area contributed by atoms with Crippen LogP contribution in [-0.2, 0) is 10.0 Å². The van der Waals surface area contributed by atoms with Crippen molar-refractivity contribution in [2.75, 3.05) is 18.8 Å². The van der Waals surface area contributed by atoms with Gasteiger partial charge in [-0.25, -0.2) is 17.7 Å². The first-order valence-electron chi connectivity index (χ1n) is 9.55. The molecule has 28 heavy (non-hydrogen) atoms. The average Bonchev–Trinajstić information content (AvgIpc) is 3.11. The highest BCUT2D eigenvalue weighted by Gasteiger charge is 2.29. The Bertz CT molecular complexity index is 1100. The monoisotopic (exact) mass is 418 g/mol. The second-order valence-electron chi connectivity index (χ2n) is 7.18. The number of pyridine rings is 2. The third kappa shape index (κ3) is 3.79. The predicted octanol–water partition coefficient (Wildman–Crippen LogP) is 3.97. The maximum absolute atomic E-state index is 12.5. The molecule has 148 valence electrons. The number of sulfonamides is 1. The summed E-state index contributed by atoms with van der Waals surface area (Å²) in [7, 11) is -3.18. The molecule has 1 aliphatic heterocycles. The second-order valence-corrected chi connectivity index (χ2v) is 9.70. The largest absolute Gasteiger partial charge is 0.297 e. The molecule has 6 nitrogen and oxygen atoms in total. The third-order valence-electron chi connectivity index (χ3n) is 5.16. The van der Waals surface area contributed by atoms with Crippen molar-refractivity contribution in [3.63, 3.8) is 0 Å². The summed E-state index contributed by atoms with van der Waals surface area (Å²) < 4.78 is 28.5. The summed E-state index contributed by atoms with van der Waals surface area (Å²) in [6, 6.07) is 9.59. The maximum Gasteiger partial charge on any atom is 0.214 e. The number of hydrogen-bond acceptors (Lipinski definition) is 4. The van der Waals surface area contributed by atoms with Gasteiger partial charge in [0.05, 0.1) is 28.4 Å². The van der Waals surface area contributed by atoms with Gasteiger partial charge in [0.2, 0.25) is 10.0 Å². The van der Waals surface area contributed by atoms with Gasteiger partial charge in [0.15, 0.2) is 0 Å². The van der Waals surface area contributed by atoms with Gasteiger partial charge in [-0.15, -0.1) is 0 Å². The van der Waals surface area contributed by atoms with Crippen LogP contribution in [0.5, 0.6) is 0 Å². The van der Waals surface area contributed by atoms with E-state index in [9.17, 15) is 8.42 Å². The van der Waals surface area contributed by atoms with Crippen LogP contribution in [0.4, 0.5) is 0 Å². The number of nitrogens with zero attached hydrogens (tertiary/aromatic N) is 4. The summed E-state index contributed by atoms with van der Waals surface area (Å²) in [5.41, 5.74) is 3.40. The molecule has 0 amide bonds. The molecule has 4 rings (SSSR count). The van der Waals surface area contributed by atoms with E-state index in [0.717, 1.165) is 35.6 Å². The highest BCUT2D eigenvalue weighted by molar-refractivity contribution is 7.89. The maximum atomic E-state index is 12.5. The Morgan fingerprint density at radius 3 is 2.93 bits per heavy atom. The van der Waals surface area contributed by atoms with Crippen molar-refractivity contribution in [3.05, 3.63) is 53.4 Å². The van der Waals surface area contributed by atoms with Crippen molar-refractivity contribution < 1.29 is 8.42 Å². The van der Waals surface area contributed by atoms with Crippen molar-refractivity contribution in [2.24, 2.45) is 0 Å². The number of piperidine rings is 1. The Morgan fingerprint density at radius 2 is 2.11 bits per heavy atom. The molecule has 3 aromatic rings. The summed E-state index contributed by atoms with van der Waals surface area (Å²) in [5.74, 6) is 0.304. The molecule has 0 bridgehead atoms. The first kappa shape index (κ1) is 19.4. The molecule has 3 aromatic heterocycles. The van der Waals surface area contributed by atoms with Gasteiger partial charge in [-0.05, 0) is 43.5 Å². The van der Waals surface area contributed by atoms with E-state index in [1.165, 1.54) is 0 Å². The molecule has 1 aliphatic rings. The zero-order valence-electron chi connectivity index (χ0n) is 15.8. The Kier molecular flexibility index (Phi) is 5.40. The smallest absolute Gasteiger partial charge is 0.214 e. The highest BCUT2D eigenvalue weighted by atomic mass is 35.5. The van der Waals surface area contributed by atoms with Crippen molar-refractivity contribution in [1.29, 1.82) is 0 Å². The van der Waals surface area contributed by atoms with E-state index in [0.29, 0.717) is 24.5 Å². The van der Waals surface area contributed by atoms with Gasteiger partial charge in [-0.2, -0.15) is 0 Å². The van der Waals surface area contributed by atoms with E-state index in [2.05, 4.69) is 4.98 Å². The Labute approximate surface area is 170 Å². The zero-order valence-corrected chi connectivity index (χ0v) is 17.3.